The van der Waals surface area contributed by atoms with Gasteiger partial charge in [-0.2, -0.15) is 4.31 Å². The Morgan fingerprint density at radius 3 is 2.56 bits per heavy atom. The summed E-state index contributed by atoms with van der Waals surface area (Å²) in [6, 6.07) is 3.41. The maximum absolute atomic E-state index is 12.6. The Hall–Kier alpha value is -0.670. The molecule has 0 unspecified atom stereocenters. The van der Waals surface area contributed by atoms with Crippen molar-refractivity contribution in [3.8, 4) is 0 Å². The average Bonchev–Trinajstić information content (AvgIpc) is 3.07. The van der Waals surface area contributed by atoms with E-state index in [4.69, 9.17) is 11.6 Å². The summed E-state index contributed by atoms with van der Waals surface area (Å²) in [5.74, 6) is 1.19. The monoisotopic (exact) mass is 433 g/mol. The van der Waals surface area contributed by atoms with Crippen LogP contribution in [0.25, 0.3) is 0 Å². The predicted molar refractivity (Wildman–Crippen MR) is 109 cm³/mol. The van der Waals surface area contributed by atoms with Crippen molar-refractivity contribution in [2.45, 2.75) is 43.4 Å². The summed E-state index contributed by atoms with van der Waals surface area (Å²) in [4.78, 5) is 14.5. The van der Waals surface area contributed by atoms with Gasteiger partial charge in [-0.15, -0.1) is 11.3 Å². The van der Waals surface area contributed by atoms with E-state index >= 15 is 0 Å². The molecule has 152 valence electrons. The molecule has 1 aromatic heterocycles. The van der Waals surface area contributed by atoms with E-state index in [9.17, 15) is 13.2 Å². The van der Waals surface area contributed by atoms with Gasteiger partial charge in [0.2, 0.25) is 5.91 Å². The molecule has 1 aromatic rings. The lowest BCUT2D eigenvalue weighted by Gasteiger charge is -2.36. The lowest BCUT2D eigenvalue weighted by atomic mass is 9.78. The molecule has 2 heterocycles. The van der Waals surface area contributed by atoms with E-state index in [1.807, 2.05) is 4.90 Å². The van der Waals surface area contributed by atoms with E-state index in [0.717, 1.165) is 17.8 Å². The summed E-state index contributed by atoms with van der Waals surface area (Å²) in [7, 11) is -3.49. The van der Waals surface area contributed by atoms with Crippen molar-refractivity contribution in [1.29, 1.82) is 0 Å². The molecule has 6 nitrogen and oxygen atoms in total. The minimum absolute atomic E-state index is 0.0438. The first kappa shape index (κ1) is 21.0. The van der Waals surface area contributed by atoms with E-state index in [-0.39, 0.29) is 16.2 Å². The maximum atomic E-state index is 12.6. The number of thiophene rings is 1. The quantitative estimate of drug-likeness (QED) is 0.774. The summed E-state index contributed by atoms with van der Waals surface area (Å²) in [5, 5.41) is 3.19. The molecule has 1 aliphatic carbocycles. The van der Waals surface area contributed by atoms with Crippen LogP contribution in [-0.2, 0) is 14.8 Å². The van der Waals surface area contributed by atoms with Crippen LogP contribution in [0, 0.1) is 11.8 Å². The number of carbonyl (C=O) groups is 1. The Bertz CT molecular complexity index is 760. The third-order valence-electron chi connectivity index (χ3n) is 5.89. The Morgan fingerprint density at radius 2 is 1.93 bits per heavy atom. The molecule has 1 N–H and O–H groups in total. The molecule has 27 heavy (non-hydrogen) atoms. The minimum atomic E-state index is -3.49. The van der Waals surface area contributed by atoms with Gasteiger partial charge in [0.15, 0.2) is 0 Å². The number of nitrogens with one attached hydrogen (secondary N) is 1. The normalized spacial score (nSPS) is 28.2. The van der Waals surface area contributed by atoms with Crippen LogP contribution in [0.15, 0.2) is 16.3 Å². The Kier molecular flexibility index (Phi) is 6.84. The van der Waals surface area contributed by atoms with Gasteiger partial charge in [-0.05, 0) is 30.4 Å². The van der Waals surface area contributed by atoms with Gasteiger partial charge in [0, 0.05) is 32.2 Å². The van der Waals surface area contributed by atoms with Gasteiger partial charge in [0.1, 0.15) is 4.21 Å². The predicted octanol–water partition coefficient (Wildman–Crippen LogP) is 2.65. The number of hydrogen-bond acceptors (Lipinski definition) is 5. The van der Waals surface area contributed by atoms with Crippen molar-refractivity contribution in [2.24, 2.45) is 11.8 Å². The number of piperazine rings is 1. The number of carbonyl (C=O) groups excluding carboxylic acids is 1. The third-order valence-corrected chi connectivity index (χ3v) is 9.49. The highest BCUT2D eigenvalue weighted by Crippen LogP contribution is 2.30. The van der Waals surface area contributed by atoms with Gasteiger partial charge in [-0.1, -0.05) is 38.3 Å². The smallest absolute Gasteiger partial charge is 0.252 e. The maximum Gasteiger partial charge on any atom is 0.252 e. The van der Waals surface area contributed by atoms with E-state index in [1.165, 1.54) is 17.1 Å². The molecule has 0 aromatic carbocycles. The highest BCUT2D eigenvalue weighted by Gasteiger charge is 2.31. The lowest BCUT2D eigenvalue weighted by molar-refractivity contribution is -0.124. The molecule has 0 radical (unpaired) electrons. The number of sulfonamides is 1. The molecule has 0 spiro atoms. The summed E-state index contributed by atoms with van der Waals surface area (Å²) >= 11 is 6.95. The van der Waals surface area contributed by atoms with Crippen LogP contribution < -0.4 is 5.32 Å². The van der Waals surface area contributed by atoms with Crippen LogP contribution in [-0.4, -0.2) is 62.3 Å². The van der Waals surface area contributed by atoms with Gasteiger partial charge >= 0.3 is 0 Å². The number of hydrogen-bond donors (Lipinski definition) is 1. The molecule has 3 rings (SSSR count). The van der Waals surface area contributed by atoms with Crippen molar-refractivity contribution in [3.05, 3.63) is 16.5 Å². The fourth-order valence-corrected chi connectivity index (χ4v) is 6.99. The topological polar surface area (TPSA) is 69.7 Å². The van der Waals surface area contributed by atoms with Crippen molar-refractivity contribution in [2.75, 3.05) is 32.7 Å². The molecule has 2 fully saturated rings. The van der Waals surface area contributed by atoms with Crippen LogP contribution in [0.5, 0.6) is 0 Å². The molecule has 3 atom stereocenters. The molecule has 1 amide bonds. The van der Waals surface area contributed by atoms with E-state index in [0.29, 0.717) is 48.9 Å². The summed E-state index contributed by atoms with van der Waals surface area (Å²) < 4.78 is 27.5. The molecule has 2 aliphatic rings. The second-order valence-corrected chi connectivity index (χ2v) is 11.6. The van der Waals surface area contributed by atoms with Crippen molar-refractivity contribution in [1.82, 2.24) is 14.5 Å². The second-order valence-electron chi connectivity index (χ2n) is 7.68. The molecule has 1 aliphatic heterocycles. The summed E-state index contributed by atoms with van der Waals surface area (Å²) in [5.41, 5.74) is 0. The number of nitrogens with zero attached hydrogens (tertiary/aromatic N) is 2. The van der Waals surface area contributed by atoms with Crippen molar-refractivity contribution < 1.29 is 13.2 Å². The standard InChI is InChI=1S/C18H28ClN3O3S2/c1-13-4-3-5-15(14(13)2)20-17(23)12-21-8-10-22(11-9-21)27(24,25)18-7-6-16(19)26-18/h6-7,13-15H,3-5,8-12H2,1-2H3,(H,20,23)/t13-,14+,15-/m1/s1. The molecule has 1 saturated heterocycles. The molecule has 9 heteroatoms. The highest BCUT2D eigenvalue weighted by molar-refractivity contribution is 7.91. The fourth-order valence-electron chi connectivity index (χ4n) is 3.93. The SMILES string of the molecule is C[C@H]1[C@H](C)CCC[C@H]1NC(=O)CN1CCN(S(=O)(=O)c2ccc(Cl)s2)CC1. The van der Waals surface area contributed by atoms with Crippen LogP contribution in [0.1, 0.15) is 33.1 Å². The summed E-state index contributed by atoms with van der Waals surface area (Å²) in [6.07, 6.45) is 3.45. The van der Waals surface area contributed by atoms with Gasteiger partial charge < -0.3 is 5.32 Å². The van der Waals surface area contributed by atoms with Gasteiger partial charge in [0.25, 0.3) is 10.0 Å². The Morgan fingerprint density at radius 1 is 1.22 bits per heavy atom. The molecule has 1 saturated carbocycles. The molecule has 0 bridgehead atoms. The van der Waals surface area contributed by atoms with Gasteiger partial charge in [0.05, 0.1) is 10.9 Å². The van der Waals surface area contributed by atoms with E-state index in [1.54, 1.807) is 12.1 Å². The summed E-state index contributed by atoms with van der Waals surface area (Å²) in [6.45, 7) is 6.70. The van der Waals surface area contributed by atoms with E-state index < -0.39 is 10.0 Å². The largest absolute Gasteiger partial charge is 0.352 e. The van der Waals surface area contributed by atoms with Gasteiger partial charge in [-0.25, -0.2) is 8.42 Å². The zero-order valence-corrected chi connectivity index (χ0v) is 18.2. The average molecular weight is 434 g/mol. The second kappa shape index (κ2) is 8.78. The van der Waals surface area contributed by atoms with Crippen LogP contribution >= 0.6 is 22.9 Å². The lowest BCUT2D eigenvalue weighted by Crippen LogP contribution is -2.52. The first-order chi connectivity index (χ1) is 12.8. The zero-order chi connectivity index (χ0) is 19.6. The van der Waals surface area contributed by atoms with Crippen molar-refractivity contribution in [3.63, 3.8) is 0 Å². The molecular formula is C18H28ClN3O3S2. The first-order valence-electron chi connectivity index (χ1n) is 9.54. The Balaban J connectivity index is 1.48. The van der Waals surface area contributed by atoms with Crippen LogP contribution in [0.2, 0.25) is 4.34 Å². The number of rotatable bonds is 5. The number of amides is 1. The molecular weight excluding hydrogens is 406 g/mol. The first-order valence-corrected chi connectivity index (χ1v) is 12.2. The van der Waals surface area contributed by atoms with E-state index in [2.05, 4.69) is 19.2 Å². The van der Waals surface area contributed by atoms with Gasteiger partial charge in [-0.3, -0.25) is 9.69 Å². The highest BCUT2D eigenvalue weighted by atomic mass is 35.5. The zero-order valence-electron chi connectivity index (χ0n) is 15.9. The van der Waals surface area contributed by atoms with Crippen molar-refractivity contribution >= 4 is 38.9 Å². The third kappa shape index (κ3) is 5.03. The Labute approximate surface area is 170 Å². The number of halogens is 1. The van der Waals surface area contributed by atoms with Crippen LogP contribution in [0.4, 0.5) is 0 Å². The van der Waals surface area contributed by atoms with Crippen LogP contribution in [0.3, 0.4) is 0 Å². The minimum Gasteiger partial charge on any atom is -0.352 e. The fraction of sp³-hybridized carbons (Fsp3) is 0.722.